The maximum absolute atomic E-state index is 12.9. The summed E-state index contributed by atoms with van der Waals surface area (Å²) < 4.78 is 22.5. The molecule has 0 unspecified atom stereocenters. The molecule has 1 amide bonds. The zero-order valence-corrected chi connectivity index (χ0v) is 19.6. The normalized spacial score (nSPS) is 22.2. The molecule has 2 saturated heterocycles. The molecular formula is C24H38N2O5. The fourth-order valence-corrected chi connectivity index (χ4v) is 4.47. The number of carbonyl (C=O) groups is 1. The smallest absolute Gasteiger partial charge is 0.410 e. The molecule has 174 valence electrons. The molecule has 31 heavy (non-hydrogen) atoms. The van der Waals surface area contributed by atoms with E-state index >= 15 is 0 Å². The molecule has 0 bridgehead atoms. The Morgan fingerprint density at radius 1 is 1.23 bits per heavy atom. The molecule has 0 spiro atoms. The first-order valence-electron chi connectivity index (χ1n) is 11.3. The van der Waals surface area contributed by atoms with Crippen molar-refractivity contribution in [3.05, 3.63) is 29.8 Å². The van der Waals surface area contributed by atoms with E-state index < -0.39 is 5.60 Å². The number of nitrogens with zero attached hydrogens (tertiary/aromatic N) is 1. The molecule has 1 N–H and O–H groups in total. The third-order valence-corrected chi connectivity index (χ3v) is 6.27. The van der Waals surface area contributed by atoms with E-state index in [0.717, 1.165) is 37.0 Å². The summed E-state index contributed by atoms with van der Waals surface area (Å²) in [6.07, 6.45) is 3.34. The highest BCUT2D eigenvalue weighted by Crippen LogP contribution is 2.33. The summed E-state index contributed by atoms with van der Waals surface area (Å²) in [5.41, 5.74) is 0.355. The molecule has 1 aromatic carbocycles. The highest BCUT2D eigenvalue weighted by Gasteiger charge is 2.40. The van der Waals surface area contributed by atoms with Gasteiger partial charge in [0.05, 0.1) is 24.8 Å². The summed E-state index contributed by atoms with van der Waals surface area (Å²) in [5, 5.41) is 3.75. The van der Waals surface area contributed by atoms with E-state index in [4.69, 9.17) is 18.9 Å². The van der Waals surface area contributed by atoms with Crippen molar-refractivity contribution in [3.63, 3.8) is 0 Å². The minimum Gasteiger partial charge on any atom is -0.497 e. The molecule has 2 fully saturated rings. The van der Waals surface area contributed by atoms with E-state index in [2.05, 4.69) is 17.4 Å². The van der Waals surface area contributed by atoms with Crippen molar-refractivity contribution in [2.45, 2.75) is 69.7 Å². The van der Waals surface area contributed by atoms with Gasteiger partial charge in [-0.1, -0.05) is 12.1 Å². The van der Waals surface area contributed by atoms with E-state index in [0.29, 0.717) is 26.3 Å². The zero-order valence-electron chi connectivity index (χ0n) is 19.6. The second kappa shape index (κ2) is 10.2. The first-order valence-corrected chi connectivity index (χ1v) is 11.3. The van der Waals surface area contributed by atoms with Crippen LogP contribution in [-0.4, -0.2) is 68.8 Å². The van der Waals surface area contributed by atoms with Crippen molar-refractivity contribution < 1.29 is 23.7 Å². The van der Waals surface area contributed by atoms with Gasteiger partial charge in [-0.2, -0.15) is 0 Å². The van der Waals surface area contributed by atoms with Gasteiger partial charge in [0.1, 0.15) is 11.4 Å². The molecule has 7 nitrogen and oxygen atoms in total. The molecule has 2 heterocycles. The Balaban J connectivity index is 1.83. The third kappa shape index (κ3) is 6.11. The average Bonchev–Trinajstić information content (AvgIpc) is 3.24. The summed E-state index contributed by atoms with van der Waals surface area (Å²) in [7, 11) is 3.44. The fourth-order valence-electron chi connectivity index (χ4n) is 4.47. The lowest BCUT2D eigenvalue weighted by molar-refractivity contribution is -0.0894. The van der Waals surface area contributed by atoms with Crippen LogP contribution < -0.4 is 10.1 Å². The van der Waals surface area contributed by atoms with Crippen LogP contribution in [0.25, 0.3) is 0 Å². The number of benzene rings is 1. The highest BCUT2D eigenvalue weighted by molar-refractivity contribution is 5.69. The molecular weight excluding hydrogens is 396 g/mol. The largest absolute Gasteiger partial charge is 0.497 e. The molecule has 0 saturated carbocycles. The maximum atomic E-state index is 12.9. The second-order valence-electron chi connectivity index (χ2n) is 9.51. The molecule has 1 aromatic rings. The Hall–Kier alpha value is -1.83. The van der Waals surface area contributed by atoms with Crippen molar-refractivity contribution >= 4 is 6.09 Å². The molecule has 2 atom stereocenters. The van der Waals surface area contributed by atoms with Gasteiger partial charge in [-0.05, 0) is 51.3 Å². The monoisotopic (exact) mass is 434 g/mol. The van der Waals surface area contributed by atoms with Crippen molar-refractivity contribution in [3.8, 4) is 5.75 Å². The number of amides is 1. The van der Waals surface area contributed by atoms with Crippen LogP contribution in [0.3, 0.4) is 0 Å². The van der Waals surface area contributed by atoms with Crippen molar-refractivity contribution in [1.29, 1.82) is 0 Å². The molecule has 3 rings (SSSR count). The maximum Gasteiger partial charge on any atom is 0.410 e. The van der Waals surface area contributed by atoms with Gasteiger partial charge in [-0.15, -0.1) is 0 Å². The summed E-state index contributed by atoms with van der Waals surface area (Å²) in [5.74, 6) is 0.815. The number of rotatable bonds is 7. The van der Waals surface area contributed by atoms with Gasteiger partial charge in [0.2, 0.25) is 0 Å². The van der Waals surface area contributed by atoms with E-state index in [1.807, 2.05) is 37.8 Å². The van der Waals surface area contributed by atoms with E-state index in [1.54, 1.807) is 14.2 Å². The lowest BCUT2D eigenvalue weighted by Gasteiger charge is -2.39. The molecule has 0 radical (unpaired) electrons. The number of nitrogens with one attached hydrogen (secondary N) is 1. The Morgan fingerprint density at radius 3 is 2.48 bits per heavy atom. The number of ether oxygens (including phenoxy) is 4. The summed E-state index contributed by atoms with van der Waals surface area (Å²) in [6, 6.07) is 8.07. The Bertz CT molecular complexity index is 710. The fraction of sp³-hybridized carbons (Fsp3) is 0.708. The summed E-state index contributed by atoms with van der Waals surface area (Å²) >= 11 is 0. The predicted octanol–water partition coefficient (Wildman–Crippen LogP) is 3.92. The minimum absolute atomic E-state index is 0.0111. The Labute approximate surface area is 186 Å². The highest BCUT2D eigenvalue weighted by atomic mass is 16.6. The number of likely N-dealkylation sites (tertiary alicyclic amines) is 1. The molecule has 0 aromatic heterocycles. The molecule has 7 heteroatoms. The van der Waals surface area contributed by atoms with Crippen LogP contribution in [0.2, 0.25) is 0 Å². The standard InChI is InChI=1S/C24H38N2O5/c1-23(2,3)31-22(27)26-14-6-7-20(26)21(18-8-10-19(28-4)11-9-18)25-17-24(29-5)12-15-30-16-13-24/h8-11,20-21,25H,6-7,12-17H2,1-5H3/t20-,21-/m0/s1. The third-order valence-electron chi connectivity index (χ3n) is 6.27. The number of hydrogen-bond acceptors (Lipinski definition) is 6. The Morgan fingerprint density at radius 2 is 1.90 bits per heavy atom. The van der Waals surface area contributed by atoms with Crippen molar-refractivity contribution in [1.82, 2.24) is 10.2 Å². The first-order chi connectivity index (χ1) is 14.8. The van der Waals surface area contributed by atoms with Gasteiger partial charge in [-0.25, -0.2) is 4.79 Å². The topological polar surface area (TPSA) is 69.3 Å². The van der Waals surface area contributed by atoms with Gasteiger partial charge in [0.15, 0.2) is 0 Å². The van der Waals surface area contributed by atoms with Crippen LogP contribution in [0.15, 0.2) is 24.3 Å². The average molecular weight is 435 g/mol. The van der Waals surface area contributed by atoms with Crippen LogP contribution >= 0.6 is 0 Å². The van der Waals surface area contributed by atoms with Crippen molar-refractivity contribution in [2.24, 2.45) is 0 Å². The van der Waals surface area contributed by atoms with Gasteiger partial charge in [-0.3, -0.25) is 0 Å². The van der Waals surface area contributed by atoms with E-state index in [-0.39, 0.29) is 23.8 Å². The number of hydrogen-bond donors (Lipinski definition) is 1. The van der Waals surface area contributed by atoms with Crippen LogP contribution in [0.1, 0.15) is 58.1 Å². The summed E-state index contributed by atoms with van der Waals surface area (Å²) in [4.78, 5) is 14.8. The minimum atomic E-state index is -0.518. The predicted molar refractivity (Wildman–Crippen MR) is 119 cm³/mol. The van der Waals surface area contributed by atoms with Gasteiger partial charge >= 0.3 is 6.09 Å². The van der Waals surface area contributed by atoms with E-state index in [9.17, 15) is 4.79 Å². The SMILES string of the molecule is COc1ccc([C@H](NCC2(OC)CCOCC2)[C@@H]2CCCN2C(=O)OC(C)(C)C)cc1. The lowest BCUT2D eigenvalue weighted by Crippen LogP contribution is -2.51. The van der Waals surface area contributed by atoms with Crippen LogP contribution in [0, 0.1) is 0 Å². The van der Waals surface area contributed by atoms with Crippen LogP contribution in [-0.2, 0) is 14.2 Å². The quantitative estimate of drug-likeness (QED) is 0.702. The van der Waals surface area contributed by atoms with Crippen LogP contribution in [0.5, 0.6) is 5.75 Å². The van der Waals surface area contributed by atoms with E-state index in [1.165, 1.54) is 0 Å². The zero-order chi connectivity index (χ0) is 22.5. The second-order valence-corrected chi connectivity index (χ2v) is 9.51. The van der Waals surface area contributed by atoms with Crippen molar-refractivity contribution in [2.75, 3.05) is 40.5 Å². The lowest BCUT2D eigenvalue weighted by atomic mass is 9.91. The van der Waals surface area contributed by atoms with Crippen LogP contribution in [0.4, 0.5) is 4.79 Å². The van der Waals surface area contributed by atoms with Gasteiger partial charge in [0, 0.05) is 46.3 Å². The molecule has 2 aliphatic rings. The Kier molecular flexibility index (Phi) is 7.83. The van der Waals surface area contributed by atoms with Gasteiger partial charge in [0.25, 0.3) is 0 Å². The summed E-state index contributed by atoms with van der Waals surface area (Å²) in [6.45, 7) is 8.53. The first kappa shape index (κ1) is 23.8. The molecule has 2 aliphatic heterocycles. The number of carbonyl (C=O) groups excluding carboxylic acids is 1. The molecule has 0 aliphatic carbocycles. The van der Waals surface area contributed by atoms with Gasteiger partial charge < -0.3 is 29.2 Å². The number of methoxy groups -OCH3 is 2.